The molecule has 4 aliphatic carbocycles. The summed E-state index contributed by atoms with van der Waals surface area (Å²) in [6, 6.07) is 0. The van der Waals surface area contributed by atoms with Gasteiger partial charge in [-0.2, -0.15) is 0 Å². The van der Waals surface area contributed by atoms with E-state index in [-0.39, 0.29) is 5.54 Å². The SMILES string of the molecule is CCCC1CCC2C3CCC4(C)C(C(C)=O)CCC4C3CCC2(N)C1. The first-order valence-electron chi connectivity index (χ1n) is 11.2. The number of ketones is 1. The number of hydrogen-bond donors (Lipinski definition) is 1. The van der Waals surface area contributed by atoms with Crippen molar-refractivity contribution in [1.82, 2.24) is 0 Å². The van der Waals surface area contributed by atoms with E-state index in [9.17, 15) is 4.79 Å². The van der Waals surface area contributed by atoms with E-state index in [4.69, 9.17) is 5.73 Å². The Hall–Kier alpha value is -0.370. The number of hydrogen-bond acceptors (Lipinski definition) is 2. The third-order valence-corrected chi connectivity index (χ3v) is 9.43. The summed E-state index contributed by atoms with van der Waals surface area (Å²) in [5, 5.41) is 0. The van der Waals surface area contributed by atoms with E-state index < -0.39 is 0 Å². The van der Waals surface area contributed by atoms with Crippen molar-refractivity contribution in [2.75, 3.05) is 0 Å². The van der Waals surface area contributed by atoms with Crippen LogP contribution in [0.2, 0.25) is 0 Å². The molecule has 8 atom stereocenters. The molecule has 4 saturated carbocycles. The normalized spacial score (nSPS) is 52.2. The molecule has 0 radical (unpaired) electrons. The zero-order chi connectivity index (χ0) is 17.8. The van der Waals surface area contributed by atoms with Crippen LogP contribution in [0.5, 0.6) is 0 Å². The molecule has 0 aromatic heterocycles. The third-order valence-electron chi connectivity index (χ3n) is 9.43. The number of rotatable bonds is 3. The average Bonchev–Trinajstić information content (AvgIpc) is 2.91. The van der Waals surface area contributed by atoms with Crippen molar-refractivity contribution in [2.24, 2.45) is 46.7 Å². The van der Waals surface area contributed by atoms with E-state index in [1.54, 1.807) is 0 Å². The Morgan fingerprint density at radius 2 is 1.68 bits per heavy atom. The Morgan fingerprint density at radius 3 is 2.40 bits per heavy atom. The van der Waals surface area contributed by atoms with Crippen molar-refractivity contribution in [3.63, 3.8) is 0 Å². The van der Waals surface area contributed by atoms with Crippen LogP contribution in [0.4, 0.5) is 0 Å². The highest BCUT2D eigenvalue weighted by Crippen LogP contribution is 2.64. The lowest BCUT2D eigenvalue weighted by atomic mass is 9.47. The first-order valence-corrected chi connectivity index (χ1v) is 11.2. The monoisotopic (exact) mass is 345 g/mol. The van der Waals surface area contributed by atoms with Gasteiger partial charge in [-0.15, -0.1) is 0 Å². The van der Waals surface area contributed by atoms with Gasteiger partial charge in [0.05, 0.1) is 0 Å². The molecular formula is C23H39NO. The van der Waals surface area contributed by atoms with Crippen LogP contribution in [0.1, 0.15) is 91.4 Å². The Balaban J connectivity index is 1.54. The minimum atomic E-state index is 0.131. The van der Waals surface area contributed by atoms with Gasteiger partial charge in [-0.05, 0) is 93.3 Å². The summed E-state index contributed by atoms with van der Waals surface area (Å²) in [6.45, 7) is 6.61. The van der Waals surface area contributed by atoms with Crippen LogP contribution >= 0.6 is 0 Å². The Bertz CT molecular complexity index is 530. The number of carbonyl (C=O) groups excluding carboxylic acids is 1. The maximum absolute atomic E-state index is 12.2. The van der Waals surface area contributed by atoms with E-state index in [2.05, 4.69) is 13.8 Å². The van der Waals surface area contributed by atoms with Gasteiger partial charge in [-0.1, -0.05) is 33.1 Å². The fraction of sp³-hybridized carbons (Fsp3) is 0.957. The Kier molecular flexibility index (Phi) is 4.58. The molecule has 0 bridgehead atoms. The summed E-state index contributed by atoms with van der Waals surface area (Å²) >= 11 is 0. The largest absolute Gasteiger partial charge is 0.325 e. The smallest absolute Gasteiger partial charge is 0.133 e. The van der Waals surface area contributed by atoms with Crippen molar-refractivity contribution < 1.29 is 4.79 Å². The zero-order valence-corrected chi connectivity index (χ0v) is 16.7. The minimum absolute atomic E-state index is 0.131. The molecular weight excluding hydrogens is 306 g/mol. The lowest BCUT2D eigenvalue weighted by molar-refractivity contribution is -0.129. The number of fused-ring (bicyclic) bond motifs is 5. The molecule has 142 valence electrons. The molecule has 0 saturated heterocycles. The molecule has 25 heavy (non-hydrogen) atoms. The lowest BCUT2D eigenvalue weighted by Crippen LogP contribution is -2.60. The molecule has 8 unspecified atom stereocenters. The van der Waals surface area contributed by atoms with Gasteiger partial charge in [0.25, 0.3) is 0 Å². The maximum Gasteiger partial charge on any atom is 0.133 e. The van der Waals surface area contributed by atoms with Crippen molar-refractivity contribution >= 4 is 5.78 Å². The standard InChI is InChI=1S/C23H39NO/c1-4-5-16-6-7-21-18-10-12-22(3)19(15(2)25)8-9-20(22)17(18)11-13-23(21,24)14-16/h16-21H,4-14,24H2,1-3H3. The van der Waals surface area contributed by atoms with Gasteiger partial charge >= 0.3 is 0 Å². The van der Waals surface area contributed by atoms with Crippen LogP contribution in [0, 0.1) is 40.9 Å². The molecule has 4 rings (SSSR count). The average molecular weight is 346 g/mol. The highest BCUT2D eigenvalue weighted by Gasteiger charge is 2.59. The van der Waals surface area contributed by atoms with Crippen molar-refractivity contribution in [2.45, 2.75) is 96.9 Å². The summed E-state index contributed by atoms with van der Waals surface area (Å²) in [5.41, 5.74) is 7.51. The van der Waals surface area contributed by atoms with Gasteiger partial charge in [0.1, 0.15) is 5.78 Å². The van der Waals surface area contributed by atoms with Gasteiger partial charge in [0.2, 0.25) is 0 Å². The molecule has 0 aliphatic heterocycles. The number of Topliss-reactive ketones (excluding diaryl/α,β-unsaturated/α-hetero) is 1. The van der Waals surface area contributed by atoms with Crippen LogP contribution < -0.4 is 5.73 Å². The Labute approximate surface area is 154 Å². The first kappa shape index (κ1) is 18.0. The molecule has 2 nitrogen and oxygen atoms in total. The van der Waals surface area contributed by atoms with E-state index in [1.807, 2.05) is 6.92 Å². The molecule has 0 aromatic rings. The maximum atomic E-state index is 12.2. The van der Waals surface area contributed by atoms with Crippen LogP contribution in [-0.4, -0.2) is 11.3 Å². The predicted molar refractivity (Wildman–Crippen MR) is 103 cm³/mol. The van der Waals surface area contributed by atoms with Crippen LogP contribution in [0.3, 0.4) is 0 Å². The molecule has 0 aromatic carbocycles. The van der Waals surface area contributed by atoms with Crippen LogP contribution in [0.25, 0.3) is 0 Å². The fourth-order valence-electron chi connectivity index (χ4n) is 8.41. The first-order chi connectivity index (χ1) is 11.9. The quantitative estimate of drug-likeness (QED) is 0.750. The van der Waals surface area contributed by atoms with Gasteiger partial charge < -0.3 is 5.73 Å². The van der Waals surface area contributed by atoms with Gasteiger partial charge in [0.15, 0.2) is 0 Å². The van der Waals surface area contributed by atoms with Crippen LogP contribution in [-0.2, 0) is 4.79 Å². The third kappa shape index (κ3) is 2.73. The van der Waals surface area contributed by atoms with Gasteiger partial charge in [-0.25, -0.2) is 0 Å². The predicted octanol–water partition coefficient (Wildman–Crippen LogP) is 5.34. The zero-order valence-electron chi connectivity index (χ0n) is 16.7. The minimum Gasteiger partial charge on any atom is -0.325 e. The van der Waals surface area contributed by atoms with Gasteiger partial charge in [0, 0.05) is 11.5 Å². The highest BCUT2D eigenvalue weighted by atomic mass is 16.1. The summed E-state index contributed by atoms with van der Waals surface area (Å²) in [5.74, 6) is 4.93. The molecule has 2 heteroatoms. The molecule has 4 aliphatic rings. The van der Waals surface area contributed by atoms with E-state index in [1.165, 1.54) is 64.2 Å². The molecule has 4 fully saturated rings. The van der Waals surface area contributed by atoms with Gasteiger partial charge in [-0.3, -0.25) is 4.79 Å². The second-order valence-corrected chi connectivity index (χ2v) is 10.5. The molecule has 0 heterocycles. The lowest BCUT2D eigenvalue weighted by Gasteiger charge is -2.59. The summed E-state index contributed by atoms with van der Waals surface area (Å²) < 4.78 is 0. The summed E-state index contributed by atoms with van der Waals surface area (Å²) in [4.78, 5) is 12.2. The number of nitrogens with two attached hydrogens (primary N) is 1. The molecule has 0 amide bonds. The fourth-order valence-corrected chi connectivity index (χ4v) is 8.41. The Morgan fingerprint density at radius 1 is 1.00 bits per heavy atom. The van der Waals surface area contributed by atoms with Crippen LogP contribution in [0.15, 0.2) is 0 Å². The van der Waals surface area contributed by atoms with Crippen molar-refractivity contribution in [3.05, 3.63) is 0 Å². The molecule has 0 spiro atoms. The highest BCUT2D eigenvalue weighted by molar-refractivity contribution is 5.79. The summed E-state index contributed by atoms with van der Waals surface area (Å²) in [6.07, 6.45) is 14.4. The number of carbonyl (C=O) groups is 1. The van der Waals surface area contributed by atoms with Crippen molar-refractivity contribution in [3.8, 4) is 0 Å². The topological polar surface area (TPSA) is 43.1 Å². The second-order valence-electron chi connectivity index (χ2n) is 10.5. The van der Waals surface area contributed by atoms with Crippen molar-refractivity contribution in [1.29, 1.82) is 0 Å². The van der Waals surface area contributed by atoms with E-state index >= 15 is 0 Å². The summed E-state index contributed by atoms with van der Waals surface area (Å²) in [7, 11) is 0. The molecule has 2 N–H and O–H groups in total. The van der Waals surface area contributed by atoms with E-state index in [0.717, 1.165) is 36.0 Å². The second kappa shape index (κ2) is 6.36. The van der Waals surface area contributed by atoms with E-state index in [0.29, 0.717) is 17.1 Å².